The summed E-state index contributed by atoms with van der Waals surface area (Å²) in [5.41, 5.74) is 7.76. The first-order chi connectivity index (χ1) is 8.67. The largest absolute Gasteiger partial charge is 0.493 e. The Hall–Kier alpha value is -1.89. The Kier molecular flexibility index (Phi) is 3.61. The Labute approximate surface area is 106 Å². The lowest BCUT2D eigenvalue weighted by atomic mass is 10.1. The molecular formula is C11H18N6O. The topological polar surface area (TPSA) is 83.8 Å². The van der Waals surface area contributed by atoms with Gasteiger partial charge in [-0.2, -0.15) is 5.10 Å². The molecule has 0 aliphatic carbocycles. The molecule has 1 unspecified atom stereocenters. The Bertz CT molecular complexity index is 517. The predicted octanol–water partition coefficient (Wildman–Crippen LogP) is 0.478. The van der Waals surface area contributed by atoms with Gasteiger partial charge in [0.05, 0.1) is 25.5 Å². The molecule has 0 aliphatic rings. The van der Waals surface area contributed by atoms with Crippen molar-refractivity contribution in [3.05, 3.63) is 23.8 Å². The van der Waals surface area contributed by atoms with E-state index in [9.17, 15) is 0 Å². The molecule has 18 heavy (non-hydrogen) atoms. The third kappa shape index (κ3) is 2.21. The van der Waals surface area contributed by atoms with Crippen molar-refractivity contribution in [2.45, 2.75) is 25.9 Å². The molecule has 7 heteroatoms. The summed E-state index contributed by atoms with van der Waals surface area (Å²) >= 11 is 0. The number of aryl methyl sites for hydroxylation is 2. The van der Waals surface area contributed by atoms with Crippen molar-refractivity contribution >= 4 is 0 Å². The van der Waals surface area contributed by atoms with Gasteiger partial charge in [0, 0.05) is 13.6 Å². The molecule has 0 spiro atoms. The molecule has 7 nitrogen and oxygen atoms in total. The Morgan fingerprint density at radius 3 is 2.83 bits per heavy atom. The van der Waals surface area contributed by atoms with Crippen molar-refractivity contribution in [2.75, 3.05) is 7.11 Å². The predicted molar refractivity (Wildman–Crippen MR) is 66.1 cm³/mol. The van der Waals surface area contributed by atoms with Crippen molar-refractivity contribution in [1.82, 2.24) is 24.8 Å². The zero-order valence-corrected chi connectivity index (χ0v) is 10.9. The highest BCUT2D eigenvalue weighted by molar-refractivity contribution is 5.32. The maximum absolute atomic E-state index is 6.22. The minimum absolute atomic E-state index is 0.386. The van der Waals surface area contributed by atoms with Crippen molar-refractivity contribution < 1.29 is 4.74 Å². The number of nitrogens with zero attached hydrogens (tertiary/aromatic N) is 5. The van der Waals surface area contributed by atoms with Crippen LogP contribution >= 0.6 is 0 Å². The molecule has 2 aromatic heterocycles. The molecule has 0 bridgehead atoms. The fourth-order valence-corrected chi connectivity index (χ4v) is 1.89. The van der Waals surface area contributed by atoms with E-state index in [4.69, 9.17) is 10.5 Å². The summed E-state index contributed by atoms with van der Waals surface area (Å²) in [6, 6.07) is -0.386. The zero-order valence-electron chi connectivity index (χ0n) is 10.9. The number of hydrogen-bond acceptors (Lipinski definition) is 5. The highest BCUT2D eigenvalue weighted by Crippen LogP contribution is 2.27. The van der Waals surface area contributed by atoms with E-state index in [-0.39, 0.29) is 6.04 Å². The summed E-state index contributed by atoms with van der Waals surface area (Å²) in [4.78, 5) is 0. The van der Waals surface area contributed by atoms with Crippen LogP contribution in [0.5, 0.6) is 5.75 Å². The monoisotopic (exact) mass is 250 g/mol. The van der Waals surface area contributed by atoms with E-state index in [1.165, 1.54) is 0 Å². The lowest BCUT2D eigenvalue weighted by molar-refractivity contribution is 0.403. The summed E-state index contributed by atoms with van der Waals surface area (Å²) in [6.07, 6.45) is 4.46. The summed E-state index contributed by atoms with van der Waals surface area (Å²) in [5, 5.41) is 12.2. The number of aromatic nitrogens is 5. The van der Waals surface area contributed by atoms with Crippen LogP contribution in [0.1, 0.15) is 30.8 Å². The van der Waals surface area contributed by atoms with Gasteiger partial charge in [0.1, 0.15) is 11.4 Å². The van der Waals surface area contributed by atoms with E-state index in [1.807, 2.05) is 11.7 Å². The third-order valence-corrected chi connectivity index (χ3v) is 2.73. The van der Waals surface area contributed by atoms with E-state index < -0.39 is 0 Å². The normalized spacial score (nSPS) is 12.7. The molecular weight excluding hydrogens is 232 g/mol. The second-order valence-electron chi connectivity index (χ2n) is 4.12. The molecule has 2 heterocycles. The molecule has 0 aromatic carbocycles. The van der Waals surface area contributed by atoms with Crippen LogP contribution in [-0.2, 0) is 13.6 Å². The van der Waals surface area contributed by atoms with Crippen LogP contribution in [0.25, 0.3) is 0 Å². The first-order valence-electron chi connectivity index (χ1n) is 5.88. The van der Waals surface area contributed by atoms with E-state index in [2.05, 4.69) is 22.3 Å². The molecule has 0 radical (unpaired) electrons. The van der Waals surface area contributed by atoms with E-state index >= 15 is 0 Å². The summed E-state index contributed by atoms with van der Waals surface area (Å²) in [5.74, 6) is 0.682. The molecule has 0 amide bonds. The molecule has 0 fully saturated rings. The van der Waals surface area contributed by atoms with Crippen LogP contribution < -0.4 is 10.5 Å². The third-order valence-electron chi connectivity index (χ3n) is 2.73. The van der Waals surface area contributed by atoms with Gasteiger partial charge in [0.2, 0.25) is 0 Å². The van der Waals surface area contributed by atoms with Crippen molar-refractivity contribution in [3.63, 3.8) is 0 Å². The lowest BCUT2D eigenvalue weighted by Crippen LogP contribution is -2.19. The first kappa shape index (κ1) is 12.6. The Balaban J connectivity index is 2.38. The highest BCUT2D eigenvalue weighted by Gasteiger charge is 2.22. The number of methoxy groups -OCH3 is 1. The van der Waals surface area contributed by atoms with Crippen molar-refractivity contribution in [2.24, 2.45) is 12.8 Å². The maximum atomic E-state index is 6.22. The second-order valence-corrected chi connectivity index (χ2v) is 4.12. The van der Waals surface area contributed by atoms with Crippen LogP contribution in [0.4, 0.5) is 0 Å². The summed E-state index contributed by atoms with van der Waals surface area (Å²) in [6.45, 7) is 2.89. The molecule has 98 valence electrons. The van der Waals surface area contributed by atoms with Gasteiger partial charge in [-0.3, -0.25) is 9.36 Å². The Morgan fingerprint density at radius 1 is 1.50 bits per heavy atom. The average Bonchev–Trinajstić information content (AvgIpc) is 2.95. The van der Waals surface area contributed by atoms with Crippen LogP contribution in [-0.4, -0.2) is 31.9 Å². The smallest absolute Gasteiger partial charge is 0.161 e. The number of hydrogen-bond donors (Lipinski definition) is 1. The summed E-state index contributed by atoms with van der Waals surface area (Å²) < 4.78 is 8.79. The van der Waals surface area contributed by atoms with Crippen LogP contribution in [0.2, 0.25) is 0 Å². The molecule has 2 rings (SSSR count). The fourth-order valence-electron chi connectivity index (χ4n) is 1.89. The quantitative estimate of drug-likeness (QED) is 0.834. The molecule has 2 N–H and O–H groups in total. The van der Waals surface area contributed by atoms with Crippen LogP contribution in [0, 0.1) is 0 Å². The SMILES string of the molecule is CCCn1ncc(OC)c1C(N)c1cn(C)nn1. The van der Waals surface area contributed by atoms with Gasteiger partial charge in [0.15, 0.2) is 5.75 Å². The van der Waals surface area contributed by atoms with Crippen molar-refractivity contribution in [1.29, 1.82) is 0 Å². The van der Waals surface area contributed by atoms with Gasteiger partial charge in [-0.05, 0) is 6.42 Å². The summed E-state index contributed by atoms with van der Waals surface area (Å²) in [7, 11) is 3.42. The van der Waals surface area contributed by atoms with Gasteiger partial charge in [-0.25, -0.2) is 0 Å². The van der Waals surface area contributed by atoms with E-state index in [0.717, 1.165) is 18.7 Å². The van der Waals surface area contributed by atoms with Gasteiger partial charge < -0.3 is 10.5 Å². The van der Waals surface area contributed by atoms with Gasteiger partial charge >= 0.3 is 0 Å². The first-order valence-corrected chi connectivity index (χ1v) is 5.88. The molecule has 0 saturated carbocycles. The standard InChI is InChI=1S/C11H18N6O/c1-4-5-17-11(9(18-3)6-13-17)10(12)8-7-16(2)15-14-8/h6-7,10H,4-5,12H2,1-3H3. The van der Waals surface area contributed by atoms with Crippen molar-refractivity contribution in [3.8, 4) is 5.75 Å². The molecule has 2 aromatic rings. The number of ether oxygens (including phenoxy) is 1. The van der Waals surface area contributed by atoms with Crippen LogP contribution in [0.3, 0.4) is 0 Å². The number of rotatable bonds is 5. The maximum Gasteiger partial charge on any atom is 0.161 e. The minimum atomic E-state index is -0.386. The minimum Gasteiger partial charge on any atom is -0.493 e. The molecule has 0 aliphatic heterocycles. The fraction of sp³-hybridized carbons (Fsp3) is 0.545. The van der Waals surface area contributed by atoms with E-state index in [0.29, 0.717) is 11.4 Å². The second kappa shape index (κ2) is 5.18. The zero-order chi connectivity index (χ0) is 13.1. The van der Waals surface area contributed by atoms with Gasteiger partial charge in [0.25, 0.3) is 0 Å². The van der Waals surface area contributed by atoms with Gasteiger partial charge in [-0.1, -0.05) is 12.1 Å². The van der Waals surface area contributed by atoms with Crippen LogP contribution in [0.15, 0.2) is 12.4 Å². The molecule has 1 atom stereocenters. The van der Waals surface area contributed by atoms with Gasteiger partial charge in [-0.15, -0.1) is 5.10 Å². The number of nitrogens with two attached hydrogens (primary N) is 1. The molecule has 0 saturated heterocycles. The van der Waals surface area contributed by atoms with E-state index in [1.54, 1.807) is 24.2 Å². The lowest BCUT2D eigenvalue weighted by Gasteiger charge is -2.13. The Morgan fingerprint density at radius 2 is 2.28 bits per heavy atom. The highest BCUT2D eigenvalue weighted by atomic mass is 16.5. The average molecular weight is 250 g/mol.